The van der Waals surface area contributed by atoms with Crippen LogP contribution in [0.1, 0.15) is 89.5 Å². The van der Waals surface area contributed by atoms with Crippen molar-refractivity contribution < 1.29 is 19.0 Å². The lowest BCUT2D eigenvalue weighted by Crippen LogP contribution is -2.25. The molecule has 0 heterocycles. The molecular weight excluding hydrogens is 390 g/mol. The maximum atomic E-state index is 12.7. The SMILES string of the molecule is CCCCCCCCCCCCCCNC(=O)C(=COC)c1ccc(OC)c(OC)c1. The maximum Gasteiger partial charge on any atom is 0.255 e. The Morgan fingerprint density at radius 1 is 0.806 bits per heavy atom. The number of methoxy groups -OCH3 is 3. The number of hydrogen-bond acceptors (Lipinski definition) is 4. The Morgan fingerprint density at radius 3 is 1.87 bits per heavy atom. The van der Waals surface area contributed by atoms with E-state index in [9.17, 15) is 4.79 Å². The van der Waals surface area contributed by atoms with E-state index in [1.165, 1.54) is 70.5 Å². The third-order valence-corrected chi connectivity index (χ3v) is 5.49. The van der Waals surface area contributed by atoms with Gasteiger partial charge in [0.25, 0.3) is 5.91 Å². The molecule has 0 saturated carbocycles. The van der Waals surface area contributed by atoms with Gasteiger partial charge in [0.15, 0.2) is 11.5 Å². The Hall–Kier alpha value is -2.17. The number of nitrogens with one attached hydrogen (secondary N) is 1. The minimum absolute atomic E-state index is 0.142. The fourth-order valence-corrected chi connectivity index (χ4v) is 3.64. The maximum absolute atomic E-state index is 12.7. The van der Waals surface area contributed by atoms with E-state index in [0.29, 0.717) is 23.6 Å². The number of carbonyl (C=O) groups is 1. The van der Waals surface area contributed by atoms with E-state index in [4.69, 9.17) is 14.2 Å². The summed E-state index contributed by atoms with van der Waals surface area (Å²) in [6.45, 7) is 2.93. The zero-order chi connectivity index (χ0) is 22.7. The van der Waals surface area contributed by atoms with E-state index in [2.05, 4.69) is 12.2 Å². The van der Waals surface area contributed by atoms with Crippen LogP contribution in [-0.2, 0) is 9.53 Å². The van der Waals surface area contributed by atoms with Crippen LogP contribution in [0.2, 0.25) is 0 Å². The molecule has 1 aromatic carbocycles. The summed E-state index contributed by atoms with van der Waals surface area (Å²) >= 11 is 0. The summed E-state index contributed by atoms with van der Waals surface area (Å²) in [6.07, 6.45) is 17.1. The summed E-state index contributed by atoms with van der Waals surface area (Å²) in [7, 11) is 4.71. The predicted octanol–water partition coefficient (Wildman–Crippen LogP) is 6.51. The van der Waals surface area contributed by atoms with E-state index < -0.39 is 0 Å². The number of ether oxygens (including phenoxy) is 3. The Bertz CT molecular complexity index is 642. The lowest BCUT2D eigenvalue weighted by atomic mass is 10.0. The molecule has 0 spiro atoms. The van der Waals surface area contributed by atoms with Crippen molar-refractivity contribution >= 4 is 11.5 Å². The molecule has 0 bridgehead atoms. The van der Waals surface area contributed by atoms with Gasteiger partial charge in [-0.2, -0.15) is 0 Å². The highest BCUT2D eigenvalue weighted by molar-refractivity contribution is 6.19. The number of benzene rings is 1. The number of unbranched alkanes of at least 4 members (excludes halogenated alkanes) is 11. The minimum Gasteiger partial charge on any atom is -0.504 e. The van der Waals surface area contributed by atoms with Crippen molar-refractivity contribution in [1.82, 2.24) is 5.32 Å². The third kappa shape index (κ3) is 11.1. The first kappa shape index (κ1) is 26.9. The zero-order valence-corrected chi connectivity index (χ0v) is 20.1. The van der Waals surface area contributed by atoms with Gasteiger partial charge in [0.1, 0.15) is 0 Å². The lowest BCUT2D eigenvalue weighted by molar-refractivity contribution is -0.115. The molecule has 0 aromatic heterocycles. The molecule has 0 saturated heterocycles. The fraction of sp³-hybridized carbons (Fsp3) is 0.654. The van der Waals surface area contributed by atoms with Gasteiger partial charge in [0, 0.05) is 6.54 Å². The molecule has 0 aliphatic heterocycles. The van der Waals surface area contributed by atoms with Crippen molar-refractivity contribution in [2.24, 2.45) is 0 Å². The zero-order valence-electron chi connectivity index (χ0n) is 20.1. The first-order valence-corrected chi connectivity index (χ1v) is 11.9. The Balaban J connectivity index is 2.26. The van der Waals surface area contributed by atoms with E-state index in [1.54, 1.807) is 33.5 Å². The van der Waals surface area contributed by atoms with Gasteiger partial charge in [0.2, 0.25) is 0 Å². The molecule has 0 unspecified atom stereocenters. The van der Waals surface area contributed by atoms with Crippen molar-refractivity contribution in [1.29, 1.82) is 0 Å². The van der Waals surface area contributed by atoms with Gasteiger partial charge in [-0.25, -0.2) is 0 Å². The number of hydrogen-bond donors (Lipinski definition) is 1. The highest BCUT2D eigenvalue weighted by Gasteiger charge is 2.15. The second-order valence-electron chi connectivity index (χ2n) is 7.98. The van der Waals surface area contributed by atoms with Gasteiger partial charge in [-0.3, -0.25) is 4.79 Å². The van der Waals surface area contributed by atoms with Crippen molar-refractivity contribution in [2.45, 2.75) is 84.0 Å². The summed E-state index contributed by atoms with van der Waals surface area (Å²) in [5.74, 6) is 1.06. The molecule has 1 aromatic rings. The molecule has 0 aliphatic carbocycles. The van der Waals surface area contributed by atoms with E-state index >= 15 is 0 Å². The van der Waals surface area contributed by atoms with Crippen molar-refractivity contribution in [3.63, 3.8) is 0 Å². The second-order valence-corrected chi connectivity index (χ2v) is 7.98. The van der Waals surface area contributed by atoms with Crippen LogP contribution in [0.3, 0.4) is 0 Å². The van der Waals surface area contributed by atoms with Crippen LogP contribution >= 0.6 is 0 Å². The summed E-state index contributed by atoms with van der Waals surface area (Å²) in [5.41, 5.74) is 1.20. The van der Waals surface area contributed by atoms with Gasteiger partial charge in [-0.1, -0.05) is 83.6 Å². The number of carbonyl (C=O) groups excluding carboxylic acids is 1. The summed E-state index contributed by atoms with van der Waals surface area (Å²) in [5, 5.41) is 3.01. The van der Waals surface area contributed by atoms with Gasteiger partial charge < -0.3 is 19.5 Å². The van der Waals surface area contributed by atoms with E-state index in [-0.39, 0.29) is 5.91 Å². The average Bonchev–Trinajstić information content (AvgIpc) is 2.79. The van der Waals surface area contributed by atoms with Crippen LogP contribution < -0.4 is 14.8 Å². The largest absolute Gasteiger partial charge is 0.504 e. The molecule has 31 heavy (non-hydrogen) atoms. The lowest BCUT2D eigenvalue weighted by Gasteiger charge is -2.12. The molecule has 1 N–H and O–H groups in total. The Morgan fingerprint density at radius 2 is 1.35 bits per heavy atom. The molecule has 0 radical (unpaired) electrons. The van der Waals surface area contributed by atoms with Gasteiger partial charge in [0.05, 0.1) is 33.2 Å². The normalized spacial score (nSPS) is 11.3. The molecule has 0 aliphatic rings. The van der Waals surface area contributed by atoms with E-state index in [0.717, 1.165) is 18.4 Å². The Labute approximate surface area is 189 Å². The van der Waals surface area contributed by atoms with Gasteiger partial charge >= 0.3 is 0 Å². The first-order valence-electron chi connectivity index (χ1n) is 11.9. The van der Waals surface area contributed by atoms with Crippen LogP contribution in [0, 0.1) is 0 Å². The number of amides is 1. The Kier molecular flexibility index (Phi) is 15.2. The highest BCUT2D eigenvalue weighted by Crippen LogP contribution is 2.30. The topological polar surface area (TPSA) is 56.8 Å². The number of rotatable bonds is 18. The quantitative estimate of drug-likeness (QED) is 0.163. The summed E-state index contributed by atoms with van der Waals surface area (Å²) in [4.78, 5) is 12.7. The minimum atomic E-state index is -0.142. The van der Waals surface area contributed by atoms with Crippen molar-refractivity contribution in [2.75, 3.05) is 27.9 Å². The average molecular weight is 434 g/mol. The smallest absolute Gasteiger partial charge is 0.255 e. The first-order chi connectivity index (χ1) is 15.2. The van der Waals surface area contributed by atoms with Crippen LogP contribution in [0.5, 0.6) is 11.5 Å². The molecule has 0 fully saturated rings. The second kappa shape index (κ2) is 17.5. The van der Waals surface area contributed by atoms with Crippen LogP contribution in [0.15, 0.2) is 24.5 Å². The molecule has 1 rings (SSSR count). The molecule has 1 amide bonds. The molecule has 5 heteroatoms. The summed E-state index contributed by atoms with van der Waals surface area (Å²) < 4.78 is 15.7. The standard InChI is InChI=1S/C26H43NO4/c1-5-6-7-8-9-10-11-12-13-14-15-16-19-27-26(28)23(21-29-2)22-17-18-24(30-3)25(20-22)31-4/h17-18,20-21H,5-16,19H2,1-4H3,(H,27,28). The molecule has 0 atom stereocenters. The predicted molar refractivity (Wildman–Crippen MR) is 129 cm³/mol. The van der Waals surface area contributed by atoms with Crippen LogP contribution in [0.25, 0.3) is 5.57 Å². The highest BCUT2D eigenvalue weighted by atomic mass is 16.5. The fourth-order valence-electron chi connectivity index (χ4n) is 3.64. The van der Waals surface area contributed by atoms with Crippen molar-refractivity contribution in [3.8, 4) is 11.5 Å². The molecule has 5 nitrogen and oxygen atoms in total. The molecule has 176 valence electrons. The van der Waals surface area contributed by atoms with Gasteiger partial charge in [-0.15, -0.1) is 0 Å². The monoisotopic (exact) mass is 433 g/mol. The van der Waals surface area contributed by atoms with E-state index in [1.807, 2.05) is 6.07 Å². The molecular formula is C26H43NO4. The van der Waals surface area contributed by atoms with Crippen LogP contribution in [0.4, 0.5) is 0 Å². The van der Waals surface area contributed by atoms with Crippen LogP contribution in [-0.4, -0.2) is 33.8 Å². The van der Waals surface area contributed by atoms with Crippen molar-refractivity contribution in [3.05, 3.63) is 30.0 Å². The van der Waals surface area contributed by atoms with Gasteiger partial charge in [-0.05, 0) is 24.1 Å². The third-order valence-electron chi connectivity index (χ3n) is 5.49. The summed E-state index contributed by atoms with van der Waals surface area (Å²) in [6, 6.07) is 5.40.